The van der Waals surface area contributed by atoms with Crippen LogP contribution in [0.2, 0.25) is 0 Å². The molecule has 0 unspecified atom stereocenters. The molecule has 98 valence electrons. The molecule has 19 heavy (non-hydrogen) atoms. The first kappa shape index (κ1) is 12.8. The van der Waals surface area contributed by atoms with Crippen molar-refractivity contribution < 1.29 is 14.7 Å². The number of aromatic nitrogens is 2. The first-order valence-electron chi connectivity index (χ1n) is 5.78. The fourth-order valence-electron chi connectivity index (χ4n) is 1.69. The van der Waals surface area contributed by atoms with Gasteiger partial charge in [-0.05, 0) is 31.2 Å². The van der Waals surface area contributed by atoms with E-state index in [2.05, 4.69) is 9.97 Å². The molecule has 6 nitrogen and oxygen atoms in total. The highest BCUT2D eigenvalue weighted by Crippen LogP contribution is 2.14. The molecular weight excluding hydrogens is 246 g/mol. The summed E-state index contributed by atoms with van der Waals surface area (Å²) in [6, 6.07) is 6.36. The van der Waals surface area contributed by atoms with E-state index in [0.717, 1.165) is 0 Å². The van der Waals surface area contributed by atoms with Gasteiger partial charge >= 0.3 is 5.97 Å². The monoisotopic (exact) mass is 259 g/mol. The highest BCUT2D eigenvalue weighted by atomic mass is 16.4. The van der Waals surface area contributed by atoms with E-state index >= 15 is 0 Å². The SMILES string of the molecule is CCN(C(=O)c1ccc[nH]1)c1ccc(C(=O)O)cn1. The van der Waals surface area contributed by atoms with E-state index in [1.54, 1.807) is 18.3 Å². The second kappa shape index (κ2) is 5.34. The van der Waals surface area contributed by atoms with Crippen molar-refractivity contribution in [2.24, 2.45) is 0 Å². The Kier molecular flexibility index (Phi) is 3.61. The molecule has 2 rings (SSSR count). The molecule has 2 N–H and O–H groups in total. The highest BCUT2D eigenvalue weighted by Gasteiger charge is 2.18. The Balaban J connectivity index is 2.27. The maximum Gasteiger partial charge on any atom is 0.337 e. The van der Waals surface area contributed by atoms with E-state index in [1.165, 1.54) is 23.2 Å². The summed E-state index contributed by atoms with van der Waals surface area (Å²) < 4.78 is 0. The van der Waals surface area contributed by atoms with E-state index < -0.39 is 5.97 Å². The lowest BCUT2D eigenvalue weighted by Gasteiger charge is -2.19. The lowest BCUT2D eigenvalue weighted by molar-refractivity contribution is 0.0696. The summed E-state index contributed by atoms with van der Waals surface area (Å²) in [5.74, 6) is -0.826. The van der Waals surface area contributed by atoms with Crippen LogP contribution in [0.25, 0.3) is 0 Å². The van der Waals surface area contributed by atoms with E-state index in [4.69, 9.17) is 5.11 Å². The number of carbonyl (C=O) groups excluding carboxylic acids is 1. The number of carboxylic acid groups (broad SMARTS) is 1. The van der Waals surface area contributed by atoms with Gasteiger partial charge in [-0.2, -0.15) is 0 Å². The van der Waals surface area contributed by atoms with Crippen molar-refractivity contribution in [3.8, 4) is 0 Å². The molecule has 1 amide bonds. The Labute approximate surface area is 109 Å². The third kappa shape index (κ3) is 2.62. The van der Waals surface area contributed by atoms with Crippen molar-refractivity contribution in [3.05, 3.63) is 47.9 Å². The first-order valence-corrected chi connectivity index (χ1v) is 5.78. The summed E-state index contributed by atoms with van der Waals surface area (Å²) in [5.41, 5.74) is 0.554. The van der Waals surface area contributed by atoms with Crippen LogP contribution in [-0.4, -0.2) is 33.5 Å². The third-order valence-electron chi connectivity index (χ3n) is 2.66. The maximum atomic E-state index is 12.2. The van der Waals surface area contributed by atoms with Crippen LogP contribution in [0.4, 0.5) is 5.82 Å². The van der Waals surface area contributed by atoms with Crippen molar-refractivity contribution >= 4 is 17.7 Å². The third-order valence-corrected chi connectivity index (χ3v) is 2.66. The number of carboxylic acids is 1. The van der Waals surface area contributed by atoms with Gasteiger partial charge < -0.3 is 10.1 Å². The van der Waals surface area contributed by atoms with Crippen LogP contribution in [-0.2, 0) is 0 Å². The maximum absolute atomic E-state index is 12.2. The number of nitrogens with zero attached hydrogens (tertiary/aromatic N) is 2. The minimum atomic E-state index is -1.04. The number of H-pyrrole nitrogens is 1. The first-order chi connectivity index (χ1) is 9.13. The van der Waals surface area contributed by atoms with Crippen molar-refractivity contribution in [2.45, 2.75) is 6.92 Å². The predicted octanol–water partition coefficient (Wildman–Crippen LogP) is 1.77. The number of rotatable bonds is 4. The van der Waals surface area contributed by atoms with E-state index in [1.807, 2.05) is 6.92 Å². The molecule has 0 radical (unpaired) electrons. The summed E-state index contributed by atoms with van der Waals surface area (Å²) in [7, 11) is 0. The van der Waals surface area contributed by atoms with Gasteiger partial charge in [-0.15, -0.1) is 0 Å². The minimum Gasteiger partial charge on any atom is -0.478 e. The Hall–Kier alpha value is -2.63. The average molecular weight is 259 g/mol. The Morgan fingerprint density at radius 3 is 2.63 bits per heavy atom. The molecule has 0 aliphatic heterocycles. The molecule has 2 aromatic rings. The molecule has 0 atom stereocenters. The predicted molar refractivity (Wildman–Crippen MR) is 69.3 cm³/mol. The number of nitrogens with one attached hydrogen (secondary N) is 1. The molecule has 0 aliphatic rings. The number of anilines is 1. The zero-order valence-corrected chi connectivity index (χ0v) is 10.3. The number of amides is 1. The number of aromatic amines is 1. The molecule has 2 heterocycles. The summed E-state index contributed by atoms with van der Waals surface area (Å²) in [5, 5.41) is 8.81. The molecule has 0 spiro atoms. The van der Waals surface area contributed by atoms with Gasteiger partial charge in [0.1, 0.15) is 11.5 Å². The molecule has 0 saturated carbocycles. The van der Waals surface area contributed by atoms with Gasteiger partial charge in [0.2, 0.25) is 0 Å². The number of hydrogen-bond donors (Lipinski definition) is 2. The normalized spacial score (nSPS) is 10.2. The van der Waals surface area contributed by atoms with Crippen molar-refractivity contribution in [1.29, 1.82) is 0 Å². The Morgan fingerprint density at radius 1 is 1.37 bits per heavy atom. The Bertz CT molecular complexity index is 576. The summed E-state index contributed by atoms with van der Waals surface area (Å²) in [6.45, 7) is 2.27. The van der Waals surface area contributed by atoms with Gasteiger partial charge in [-0.25, -0.2) is 9.78 Å². The summed E-state index contributed by atoms with van der Waals surface area (Å²) in [4.78, 5) is 31.3. The van der Waals surface area contributed by atoms with Crippen molar-refractivity contribution in [2.75, 3.05) is 11.4 Å². The highest BCUT2D eigenvalue weighted by molar-refractivity contribution is 6.04. The van der Waals surface area contributed by atoms with Gasteiger partial charge in [0, 0.05) is 18.9 Å². The van der Waals surface area contributed by atoms with E-state index in [9.17, 15) is 9.59 Å². The van der Waals surface area contributed by atoms with Crippen LogP contribution >= 0.6 is 0 Å². The van der Waals surface area contributed by atoms with Crippen molar-refractivity contribution in [1.82, 2.24) is 9.97 Å². The zero-order chi connectivity index (χ0) is 13.8. The van der Waals surface area contributed by atoms with Crippen LogP contribution in [0.3, 0.4) is 0 Å². The molecule has 6 heteroatoms. The molecule has 2 aromatic heterocycles. The van der Waals surface area contributed by atoms with Crippen LogP contribution in [0.15, 0.2) is 36.7 Å². The topological polar surface area (TPSA) is 86.3 Å². The summed E-state index contributed by atoms with van der Waals surface area (Å²) >= 11 is 0. The molecule has 0 bridgehead atoms. The summed E-state index contributed by atoms with van der Waals surface area (Å²) in [6.07, 6.45) is 2.91. The zero-order valence-electron chi connectivity index (χ0n) is 10.3. The smallest absolute Gasteiger partial charge is 0.337 e. The van der Waals surface area contributed by atoms with E-state index in [0.29, 0.717) is 18.1 Å². The molecule has 0 aliphatic carbocycles. The Morgan fingerprint density at radius 2 is 2.16 bits per heavy atom. The van der Waals surface area contributed by atoms with Gasteiger partial charge in [-0.1, -0.05) is 0 Å². The van der Waals surface area contributed by atoms with Crippen LogP contribution in [0, 0.1) is 0 Å². The molecule has 0 saturated heterocycles. The van der Waals surface area contributed by atoms with Gasteiger partial charge in [0.05, 0.1) is 5.56 Å². The number of aromatic carboxylic acids is 1. The second-order valence-electron chi connectivity index (χ2n) is 3.84. The number of carbonyl (C=O) groups is 2. The largest absolute Gasteiger partial charge is 0.478 e. The van der Waals surface area contributed by atoms with Gasteiger partial charge in [0.25, 0.3) is 5.91 Å². The lowest BCUT2D eigenvalue weighted by atomic mass is 10.2. The van der Waals surface area contributed by atoms with Crippen LogP contribution < -0.4 is 4.90 Å². The van der Waals surface area contributed by atoms with Gasteiger partial charge in [0.15, 0.2) is 0 Å². The lowest BCUT2D eigenvalue weighted by Crippen LogP contribution is -2.31. The second-order valence-corrected chi connectivity index (χ2v) is 3.84. The quantitative estimate of drug-likeness (QED) is 0.876. The number of hydrogen-bond acceptors (Lipinski definition) is 3. The van der Waals surface area contributed by atoms with E-state index in [-0.39, 0.29) is 11.5 Å². The van der Waals surface area contributed by atoms with Crippen LogP contribution in [0.5, 0.6) is 0 Å². The average Bonchev–Trinajstić information content (AvgIpc) is 2.94. The van der Waals surface area contributed by atoms with Crippen molar-refractivity contribution in [3.63, 3.8) is 0 Å². The number of pyridine rings is 1. The van der Waals surface area contributed by atoms with Crippen LogP contribution in [0.1, 0.15) is 27.8 Å². The molecule has 0 fully saturated rings. The molecular formula is C13H13N3O3. The standard InChI is InChI=1S/C13H13N3O3/c1-2-16(12(17)10-4-3-7-14-10)11-6-5-9(8-15-11)13(18)19/h3-8,14H,2H2,1H3,(H,18,19). The van der Waals surface area contributed by atoms with Gasteiger partial charge in [-0.3, -0.25) is 9.69 Å². The minimum absolute atomic E-state index is 0.0899. The fraction of sp³-hybridized carbons (Fsp3) is 0.154. The fourth-order valence-corrected chi connectivity index (χ4v) is 1.69. The molecule has 0 aromatic carbocycles.